The summed E-state index contributed by atoms with van der Waals surface area (Å²) in [5.74, 6) is 0. The van der Waals surface area contributed by atoms with Crippen LogP contribution in [0.2, 0.25) is 0 Å². The van der Waals surface area contributed by atoms with E-state index < -0.39 is 0 Å². The molecule has 0 aromatic rings. The fourth-order valence-electron chi connectivity index (χ4n) is 0.338. The van der Waals surface area contributed by atoms with Crippen molar-refractivity contribution < 1.29 is 5.11 Å². The highest BCUT2D eigenvalue weighted by atomic mass is 16.3. The standard InChI is InChI=1S/C5H12NO/c1-3-5(4-7)6-2/h5-7H,2-4H2,1H3/t5-/m0/s1. The zero-order chi connectivity index (χ0) is 5.70. The number of aliphatic hydroxyl groups excluding tert-OH is 1. The second-order valence-corrected chi connectivity index (χ2v) is 1.49. The third-order valence-corrected chi connectivity index (χ3v) is 1.00. The second kappa shape index (κ2) is 4.09. The Morgan fingerprint density at radius 2 is 2.43 bits per heavy atom. The summed E-state index contributed by atoms with van der Waals surface area (Å²) in [5, 5.41) is 11.1. The number of hydrogen-bond acceptors (Lipinski definition) is 2. The van der Waals surface area contributed by atoms with Crippen LogP contribution in [0.15, 0.2) is 0 Å². The summed E-state index contributed by atoms with van der Waals surface area (Å²) in [6, 6.07) is 0.181. The molecule has 0 fully saturated rings. The molecule has 0 spiro atoms. The maximum Gasteiger partial charge on any atom is 0.0584 e. The van der Waals surface area contributed by atoms with Crippen LogP contribution in [0.3, 0.4) is 0 Å². The first-order chi connectivity index (χ1) is 3.35. The first-order valence-corrected chi connectivity index (χ1v) is 2.48. The van der Waals surface area contributed by atoms with Gasteiger partial charge in [-0.3, -0.25) is 0 Å². The fourth-order valence-corrected chi connectivity index (χ4v) is 0.338. The molecule has 0 rings (SSSR count). The average Bonchev–Trinajstić information content (AvgIpc) is 1.72. The Hall–Kier alpha value is -0.0800. The SMILES string of the molecule is [CH2]N[C@@H](CC)CO. The topological polar surface area (TPSA) is 32.3 Å². The van der Waals surface area contributed by atoms with Crippen molar-refractivity contribution in [1.82, 2.24) is 5.32 Å². The molecule has 0 unspecified atom stereocenters. The molecule has 0 aromatic heterocycles. The first kappa shape index (κ1) is 6.92. The molecular weight excluding hydrogens is 90.1 g/mol. The predicted octanol–water partition coefficient (Wildman–Crippen LogP) is 0.138. The van der Waals surface area contributed by atoms with Gasteiger partial charge < -0.3 is 10.4 Å². The highest BCUT2D eigenvalue weighted by Crippen LogP contribution is 1.84. The van der Waals surface area contributed by atoms with Crippen molar-refractivity contribution >= 4 is 0 Å². The third kappa shape index (κ3) is 2.60. The van der Waals surface area contributed by atoms with Crippen molar-refractivity contribution in [3.05, 3.63) is 7.05 Å². The molecule has 2 N–H and O–H groups in total. The number of hydrogen-bond donors (Lipinski definition) is 2. The summed E-state index contributed by atoms with van der Waals surface area (Å²) in [5.41, 5.74) is 0. The molecule has 2 heteroatoms. The van der Waals surface area contributed by atoms with Gasteiger partial charge in [0.2, 0.25) is 0 Å². The van der Waals surface area contributed by atoms with Gasteiger partial charge in [0.25, 0.3) is 0 Å². The lowest BCUT2D eigenvalue weighted by Gasteiger charge is -2.06. The quantitative estimate of drug-likeness (QED) is 0.531. The van der Waals surface area contributed by atoms with Crippen LogP contribution in [0.1, 0.15) is 13.3 Å². The minimum Gasteiger partial charge on any atom is -0.395 e. The number of rotatable bonds is 3. The first-order valence-electron chi connectivity index (χ1n) is 2.48. The zero-order valence-corrected chi connectivity index (χ0v) is 4.65. The van der Waals surface area contributed by atoms with E-state index in [4.69, 9.17) is 5.11 Å². The summed E-state index contributed by atoms with van der Waals surface area (Å²) in [4.78, 5) is 0. The van der Waals surface area contributed by atoms with Gasteiger partial charge >= 0.3 is 0 Å². The highest BCUT2D eigenvalue weighted by Gasteiger charge is 1.96. The Balaban J connectivity index is 2.99. The van der Waals surface area contributed by atoms with Crippen LogP contribution in [0.4, 0.5) is 0 Å². The molecule has 0 bridgehead atoms. The van der Waals surface area contributed by atoms with Crippen molar-refractivity contribution in [1.29, 1.82) is 0 Å². The monoisotopic (exact) mass is 102 g/mol. The summed E-state index contributed by atoms with van der Waals surface area (Å²) in [6.45, 7) is 2.18. The predicted molar refractivity (Wildman–Crippen MR) is 29.7 cm³/mol. The van der Waals surface area contributed by atoms with Gasteiger partial charge in [-0.1, -0.05) is 6.92 Å². The maximum atomic E-state index is 8.42. The fraction of sp³-hybridized carbons (Fsp3) is 0.800. The molecule has 0 aliphatic carbocycles. The third-order valence-electron chi connectivity index (χ3n) is 1.00. The molecule has 2 nitrogen and oxygen atoms in total. The van der Waals surface area contributed by atoms with Crippen molar-refractivity contribution in [2.45, 2.75) is 19.4 Å². The normalized spacial score (nSPS) is 14.1. The van der Waals surface area contributed by atoms with Crippen LogP contribution in [0.25, 0.3) is 0 Å². The Morgan fingerprint density at radius 3 is 2.43 bits per heavy atom. The average molecular weight is 102 g/mol. The molecular formula is C5H12NO. The second-order valence-electron chi connectivity index (χ2n) is 1.49. The van der Waals surface area contributed by atoms with E-state index in [2.05, 4.69) is 12.4 Å². The van der Waals surface area contributed by atoms with E-state index in [1.165, 1.54) is 0 Å². The van der Waals surface area contributed by atoms with E-state index >= 15 is 0 Å². The Bertz CT molecular complexity index is 29.6. The van der Waals surface area contributed by atoms with Crippen LogP contribution in [0, 0.1) is 7.05 Å². The molecule has 1 atom stereocenters. The molecule has 0 amide bonds. The Labute approximate surface area is 44.5 Å². The van der Waals surface area contributed by atoms with E-state index in [9.17, 15) is 0 Å². The van der Waals surface area contributed by atoms with E-state index in [0.29, 0.717) is 0 Å². The molecule has 0 aliphatic heterocycles. The minimum absolute atomic E-state index is 0.181. The summed E-state index contributed by atoms with van der Waals surface area (Å²) >= 11 is 0. The Kier molecular flexibility index (Phi) is 4.04. The maximum absolute atomic E-state index is 8.42. The zero-order valence-electron chi connectivity index (χ0n) is 4.65. The van der Waals surface area contributed by atoms with Gasteiger partial charge in [0.05, 0.1) is 6.61 Å². The van der Waals surface area contributed by atoms with Gasteiger partial charge in [-0.05, 0) is 6.42 Å². The number of aliphatic hydroxyl groups is 1. The lowest BCUT2D eigenvalue weighted by molar-refractivity contribution is 0.249. The van der Waals surface area contributed by atoms with Crippen LogP contribution in [0.5, 0.6) is 0 Å². The molecule has 1 radical (unpaired) electrons. The molecule has 0 aliphatic rings. The summed E-state index contributed by atoms with van der Waals surface area (Å²) < 4.78 is 0. The van der Waals surface area contributed by atoms with Crippen molar-refractivity contribution in [2.75, 3.05) is 6.61 Å². The van der Waals surface area contributed by atoms with Gasteiger partial charge in [0.15, 0.2) is 0 Å². The van der Waals surface area contributed by atoms with Crippen molar-refractivity contribution in [3.8, 4) is 0 Å². The van der Waals surface area contributed by atoms with Crippen LogP contribution < -0.4 is 5.32 Å². The number of nitrogens with one attached hydrogen (secondary N) is 1. The summed E-state index contributed by atoms with van der Waals surface area (Å²) in [6.07, 6.45) is 0.931. The lowest BCUT2D eigenvalue weighted by atomic mass is 10.2. The van der Waals surface area contributed by atoms with Crippen molar-refractivity contribution in [2.24, 2.45) is 0 Å². The van der Waals surface area contributed by atoms with Gasteiger partial charge in [-0.15, -0.1) is 0 Å². The smallest absolute Gasteiger partial charge is 0.0584 e. The van der Waals surface area contributed by atoms with Gasteiger partial charge in [-0.2, -0.15) is 0 Å². The van der Waals surface area contributed by atoms with Crippen molar-refractivity contribution in [3.63, 3.8) is 0 Å². The van der Waals surface area contributed by atoms with Gasteiger partial charge in [0, 0.05) is 13.1 Å². The molecule has 7 heavy (non-hydrogen) atoms. The van der Waals surface area contributed by atoms with E-state index in [-0.39, 0.29) is 12.6 Å². The Morgan fingerprint density at radius 1 is 1.86 bits per heavy atom. The lowest BCUT2D eigenvalue weighted by Crippen LogP contribution is -2.25. The highest BCUT2D eigenvalue weighted by molar-refractivity contribution is 4.59. The van der Waals surface area contributed by atoms with E-state index in [1.54, 1.807) is 0 Å². The van der Waals surface area contributed by atoms with Crippen LogP contribution in [-0.2, 0) is 0 Å². The molecule has 43 valence electrons. The van der Waals surface area contributed by atoms with E-state index in [0.717, 1.165) is 6.42 Å². The molecule has 0 heterocycles. The molecule has 0 saturated carbocycles. The van der Waals surface area contributed by atoms with Gasteiger partial charge in [-0.25, -0.2) is 0 Å². The van der Waals surface area contributed by atoms with Crippen LogP contribution in [-0.4, -0.2) is 17.8 Å². The molecule has 0 saturated heterocycles. The van der Waals surface area contributed by atoms with E-state index in [1.807, 2.05) is 6.92 Å². The summed E-state index contributed by atoms with van der Waals surface area (Å²) in [7, 11) is 3.42. The van der Waals surface area contributed by atoms with Gasteiger partial charge in [0.1, 0.15) is 0 Å². The minimum atomic E-state index is 0.181. The molecule has 0 aromatic carbocycles. The largest absolute Gasteiger partial charge is 0.395 e. The van der Waals surface area contributed by atoms with Crippen LogP contribution >= 0.6 is 0 Å².